The molecule has 15 heavy (non-hydrogen) atoms. The summed E-state index contributed by atoms with van der Waals surface area (Å²) in [6.45, 7) is 6.59. The smallest absolute Gasteiger partial charge is 0.0407 e. The molecule has 1 nitrogen and oxygen atoms in total. The Hall–Kier alpha value is -1.37. The summed E-state index contributed by atoms with van der Waals surface area (Å²) in [5.41, 5.74) is 2.57. The number of nitrogens with zero attached hydrogens (tertiary/aromatic N) is 1. The van der Waals surface area contributed by atoms with Crippen LogP contribution in [0.3, 0.4) is 0 Å². The first kappa shape index (κ1) is 10.2. The number of hydrogen-bond donors (Lipinski definition) is 0. The maximum atomic E-state index is 4.40. The second kappa shape index (κ2) is 4.01. The molecule has 2 aromatic rings. The molecule has 0 aliphatic heterocycles. The van der Waals surface area contributed by atoms with Crippen molar-refractivity contribution < 1.29 is 0 Å². The lowest BCUT2D eigenvalue weighted by atomic mass is 10.00. The zero-order valence-corrected chi connectivity index (χ0v) is 9.62. The summed E-state index contributed by atoms with van der Waals surface area (Å²) in [5, 5.41) is 2.55. The highest BCUT2D eigenvalue weighted by molar-refractivity contribution is 5.82. The van der Waals surface area contributed by atoms with Crippen molar-refractivity contribution in [2.24, 2.45) is 0 Å². The van der Waals surface area contributed by atoms with Crippen molar-refractivity contribution in [3.05, 3.63) is 41.7 Å². The monoisotopic (exact) mass is 199 g/mol. The minimum atomic E-state index is 0.590. The summed E-state index contributed by atoms with van der Waals surface area (Å²) < 4.78 is 0. The quantitative estimate of drug-likeness (QED) is 0.714. The Kier molecular flexibility index (Phi) is 2.72. The lowest BCUT2D eigenvalue weighted by Crippen LogP contribution is -1.90. The maximum absolute atomic E-state index is 4.40. The first-order valence-corrected chi connectivity index (χ1v) is 5.59. The number of fused-ring (bicyclic) bond motifs is 1. The predicted octanol–water partition coefficient (Wildman–Crippen LogP) is 3.92. The molecule has 0 N–H and O–H groups in total. The van der Waals surface area contributed by atoms with Crippen molar-refractivity contribution in [2.75, 3.05) is 0 Å². The van der Waals surface area contributed by atoms with Gasteiger partial charge in [-0.15, -0.1) is 0 Å². The molecular formula is C14H17N. The van der Waals surface area contributed by atoms with Crippen LogP contribution < -0.4 is 0 Å². The lowest BCUT2D eigenvalue weighted by Gasteiger charge is -2.07. The molecule has 78 valence electrons. The summed E-state index contributed by atoms with van der Waals surface area (Å²) in [6.07, 6.45) is 2.97. The van der Waals surface area contributed by atoms with Gasteiger partial charge in [-0.3, -0.25) is 4.98 Å². The van der Waals surface area contributed by atoms with E-state index in [1.54, 1.807) is 0 Å². The zero-order chi connectivity index (χ0) is 10.8. The standard InChI is InChI=1S/C14H17N/c1-4-14-8-13-7-11(10(2)3)5-6-12(13)9-15-14/h5-10H,4H2,1-3H3. The summed E-state index contributed by atoms with van der Waals surface area (Å²) in [7, 11) is 0. The largest absolute Gasteiger partial charge is 0.261 e. The molecule has 0 spiro atoms. The fourth-order valence-corrected chi connectivity index (χ4v) is 1.76. The Bertz CT molecular complexity index is 472. The molecule has 2 rings (SSSR count). The van der Waals surface area contributed by atoms with E-state index in [0.717, 1.165) is 6.42 Å². The van der Waals surface area contributed by atoms with E-state index < -0.39 is 0 Å². The van der Waals surface area contributed by atoms with Crippen molar-refractivity contribution in [2.45, 2.75) is 33.1 Å². The Labute approximate surface area is 91.2 Å². The second-order valence-corrected chi connectivity index (χ2v) is 4.29. The van der Waals surface area contributed by atoms with E-state index in [1.165, 1.54) is 22.0 Å². The van der Waals surface area contributed by atoms with E-state index in [9.17, 15) is 0 Å². The van der Waals surface area contributed by atoms with Crippen LogP contribution >= 0.6 is 0 Å². The average molecular weight is 199 g/mol. The van der Waals surface area contributed by atoms with Gasteiger partial charge in [-0.05, 0) is 29.4 Å². The van der Waals surface area contributed by atoms with Crippen LogP contribution in [-0.4, -0.2) is 4.98 Å². The number of hydrogen-bond acceptors (Lipinski definition) is 1. The number of pyridine rings is 1. The van der Waals surface area contributed by atoms with Gasteiger partial charge in [0.2, 0.25) is 0 Å². The topological polar surface area (TPSA) is 12.9 Å². The molecule has 1 heterocycles. The van der Waals surface area contributed by atoms with Gasteiger partial charge in [-0.2, -0.15) is 0 Å². The molecule has 0 saturated carbocycles. The fraction of sp³-hybridized carbons (Fsp3) is 0.357. The first-order chi connectivity index (χ1) is 7.20. The van der Waals surface area contributed by atoms with Gasteiger partial charge in [0.15, 0.2) is 0 Å². The lowest BCUT2D eigenvalue weighted by molar-refractivity contribution is 0.868. The average Bonchev–Trinajstić information content (AvgIpc) is 2.27. The van der Waals surface area contributed by atoms with Crippen molar-refractivity contribution in [3.8, 4) is 0 Å². The zero-order valence-electron chi connectivity index (χ0n) is 9.62. The van der Waals surface area contributed by atoms with Gasteiger partial charge in [-0.1, -0.05) is 39.0 Å². The number of aromatic nitrogens is 1. The minimum absolute atomic E-state index is 0.590. The summed E-state index contributed by atoms with van der Waals surface area (Å²) in [5.74, 6) is 0.590. The summed E-state index contributed by atoms with van der Waals surface area (Å²) >= 11 is 0. The molecule has 0 bridgehead atoms. The van der Waals surface area contributed by atoms with Gasteiger partial charge in [-0.25, -0.2) is 0 Å². The molecule has 0 unspecified atom stereocenters. The second-order valence-electron chi connectivity index (χ2n) is 4.29. The van der Waals surface area contributed by atoms with Crippen LogP contribution in [-0.2, 0) is 6.42 Å². The van der Waals surface area contributed by atoms with E-state index in [1.807, 2.05) is 6.20 Å². The molecule has 1 aromatic heterocycles. The molecule has 0 radical (unpaired) electrons. The van der Waals surface area contributed by atoms with Crippen LogP contribution in [0, 0.1) is 0 Å². The fourth-order valence-electron chi connectivity index (χ4n) is 1.76. The Balaban J connectivity index is 2.57. The summed E-state index contributed by atoms with van der Waals surface area (Å²) in [6, 6.07) is 8.83. The molecule has 1 heteroatoms. The van der Waals surface area contributed by atoms with Gasteiger partial charge in [0.05, 0.1) is 0 Å². The molecule has 0 aliphatic rings. The third-order valence-electron chi connectivity index (χ3n) is 2.83. The van der Waals surface area contributed by atoms with E-state index in [0.29, 0.717) is 5.92 Å². The van der Waals surface area contributed by atoms with Crippen LogP contribution in [0.4, 0.5) is 0 Å². The number of aryl methyl sites for hydroxylation is 1. The van der Waals surface area contributed by atoms with Gasteiger partial charge in [0.1, 0.15) is 0 Å². The SMILES string of the molecule is CCc1cc2cc(C(C)C)ccc2cn1. The van der Waals surface area contributed by atoms with Gasteiger partial charge < -0.3 is 0 Å². The molecule has 0 aliphatic carbocycles. The van der Waals surface area contributed by atoms with E-state index in [-0.39, 0.29) is 0 Å². The van der Waals surface area contributed by atoms with E-state index >= 15 is 0 Å². The first-order valence-electron chi connectivity index (χ1n) is 5.59. The van der Waals surface area contributed by atoms with Crippen LogP contribution in [0.1, 0.15) is 37.9 Å². The predicted molar refractivity (Wildman–Crippen MR) is 65.2 cm³/mol. The molecule has 1 aromatic carbocycles. The normalized spacial score (nSPS) is 11.2. The molecular weight excluding hydrogens is 182 g/mol. The van der Waals surface area contributed by atoms with Crippen molar-refractivity contribution >= 4 is 10.8 Å². The van der Waals surface area contributed by atoms with Crippen LogP contribution in [0.5, 0.6) is 0 Å². The molecule has 0 atom stereocenters. The van der Waals surface area contributed by atoms with Crippen LogP contribution in [0.25, 0.3) is 10.8 Å². The minimum Gasteiger partial charge on any atom is -0.261 e. The Morgan fingerprint density at radius 1 is 1.13 bits per heavy atom. The Morgan fingerprint density at radius 3 is 2.60 bits per heavy atom. The molecule has 0 fully saturated rings. The van der Waals surface area contributed by atoms with E-state index in [2.05, 4.69) is 50.0 Å². The third-order valence-corrected chi connectivity index (χ3v) is 2.83. The van der Waals surface area contributed by atoms with Gasteiger partial charge in [0.25, 0.3) is 0 Å². The number of rotatable bonds is 2. The molecule has 0 amide bonds. The van der Waals surface area contributed by atoms with E-state index in [4.69, 9.17) is 0 Å². The van der Waals surface area contributed by atoms with Crippen LogP contribution in [0.2, 0.25) is 0 Å². The third kappa shape index (κ3) is 2.01. The van der Waals surface area contributed by atoms with Crippen molar-refractivity contribution in [1.82, 2.24) is 4.98 Å². The van der Waals surface area contributed by atoms with Crippen molar-refractivity contribution in [1.29, 1.82) is 0 Å². The summed E-state index contributed by atoms with van der Waals surface area (Å²) in [4.78, 5) is 4.40. The van der Waals surface area contributed by atoms with Gasteiger partial charge in [0, 0.05) is 17.3 Å². The maximum Gasteiger partial charge on any atom is 0.0407 e. The Morgan fingerprint density at radius 2 is 1.93 bits per heavy atom. The molecule has 0 saturated heterocycles. The van der Waals surface area contributed by atoms with Gasteiger partial charge >= 0.3 is 0 Å². The van der Waals surface area contributed by atoms with Crippen molar-refractivity contribution in [3.63, 3.8) is 0 Å². The number of benzene rings is 1. The van der Waals surface area contributed by atoms with Crippen LogP contribution in [0.15, 0.2) is 30.5 Å². The highest BCUT2D eigenvalue weighted by Crippen LogP contribution is 2.21. The highest BCUT2D eigenvalue weighted by atomic mass is 14.7. The highest BCUT2D eigenvalue weighted by Gasteiger charge is 2.01.